The maximum atomic E-state index is 13.3. The molecular weight excluding hydrogens is 392 g/mol. The van der Waals surface area contributed by atoms with Crippen LogP contribution in [0.25, 0.3) is 11.3 Å². The van der Waals surface area contributed by atoms with Crippen LogP contribution in [0.1, 0.15) is 24.1 Å². The summed E-state index contributed by atoms with van der Waals surface area (Å²) in [5.74, 6) is 0.593. The van der Waals surface area contributed by atoms with Gasteiger partial charge in [0.05, 0.1) is 11.9 Å². The van der Waals surface area contributed by atoms with Crippen molar-refractivity contribution in [3.63, 3.8) is 0 Å². The minimum atomic E-state index is -0.255. The van der Waals surface area contributed by atoms with Crippen LogP contribution >= 0.6 is 0 Å². The highest BCUT2D eigenvalue weighted by Gasteiger charge is 2.21. The molecule has 8 heteroatoms. The van der Waals surface area contributed by atoms with Crippen molar-refractivity contribution in [3.05, 3.63) is 70.3 Å². The first-order chi connectivity index (χ1) is 15.0. The van der Waals surface area contributed by atoms with Gasteiger partial charge in [-0.15, -0.1) is 0 Å². The first-order valence-electron chi connectivity index (χ1n) is 10.4. The van der Waals surface area contributed by atoms with Crippen molar-refractivity contribution in [2.24, 2.45) is 0 Å². The number of nitrogens with two attached hydrogens (primary N) is 1. The summed E-state index contributed by atoms with van der Waals surface area (Å²) >= 11 is 0. The molecule has 3 heterocycles. The zero-order valence-corrected chi connectivity index (χ0v) is 17.5. The predicted octanol–water partition coefficient (Wildman–Crippen LogP) is 2.11. The van der Waals surface area contributed by atoms with E-state index in [0.717, 1.165) is 42.8 Å². The number of rotatable bonds is 6. The molecule has 1 fully saturated rings. The van der Waals surface area contributed by atoms with Gasteiger partial charge < -0.3 is 16.0 Å². The SMILES string of the molecule is Cc1nc(N)ccc1CNC(=O)Cn1c(-c2ccccc2)cnc(N2CCCC2)c1=O. The van der Waals surface area contributed by atoms with E-state index in [-0.39, 0.29) is 18.0 Å². The average molecular weight is 419 g/mol. The van der Waals surface area contributed by atoms with Crippen molar-refractivity contribution in [1.82, 2.24) is 19.9 Å². The second-order valence-electron chi connectivity index (χ2n) is 7.68. The van der Waals surface area contributed by atoms with Gasteiger partial charge in [-0.1, -0.05) is 36.4 Å². The van der Waals surface area contributed by atoms with E-state index in [9.17, 15) is 9.59 Å². The molecule has 0 atom stereocenters. The van der Waals surface area contributed by atoms with Crippen LogP contribution in [0.2, 0.25) is 0 Å². The molecule has 3 N–H and O–H groups in total. The Bertz CT molecular complexity index is 1140. The number of carbonyl (C=O) groups is 1. The van der Waals surface area contributed by atoms with Gasteiger partial charge >= 0.3 is 0 Å². The molecule has 1 aliphatic heterocycles. The molecule has 0 bridgehead atoms. The van der Waals surface area contributed by atoms with Gasteiger partial charge in [0, 0.05) is 25.3 Å². The highest BCUT2D eigenvalue weighted by atomic mass is 16.2. The van der Waals surface area contributed by atoms with E-state index >= 15 is 0 Å². The van der Waals surface area contributed by atoms with E-state index in [1.54, 1.807) is 12.3 Å². The van der Waals surface area contributed by atoms with Crippen molar-refractivity contribution in [3.8, 4) is 11.3 Å². The number of pyridine rings is 1. The molecule has 0 saturated carbocycles. The number of aryl methyl sites for hydroxylation is 1. The maximum Gasteiger partial charge on any atom is 0.294 e. The summed E-state index contributed by atoms with van der Waals surface area (Å²) in [6.07, 6.45) is 3.76. The number of benzene rings is 1. The summed E-state index contributed by atoms with van der Waals surface area (Å²) in [5, 5.41) is 2.89. The summed E-state index contributed by atoms with van der Waals surface area (Å²) in [6, 6.07) is 13.1. The van der Waals surface area contributed by atoms with Crippen molar-refractivity contribution in [2.45, 2.75) is 32.9 Å². The summed E-state index contributed by atoms with van der Waals surface area (Å²) in [7, 11) is 0. The molecule has 1 aromatic carbocycles. The van der Waals surface area contributed by atoms with Crippen LogP contribution in [0.4, 0.5) is 11.6 Å². The van der Waals surface area contributed by atoms with Gasteiger partial charge in [0.25, 0.3) is 5.56 Å². The summed E-state index contributed by atoms with van der Waals surface area (Å²) < 4.78 is 1.51. The molecule has 0 radical (unpaired) electrons. The van der Waals surface area contributed by atoms with Crippen LogP contribution in [0.5, 0.6) is 0 Å². The second kappa shape index (κ2) is 8.99. The van der Waals surface area contributed by atoms with Crippen LogP contribution in [0.15, 0.2) is 53.5 Å². The Morgan fingerprint density at radius 2 is 1.87 bits per heavy atom. The van der Waals surface area contributed by atoms with E-state index in [2.05, 4.69) is 15.3 Å². The third kappa shape index (κ3) is 4.58. The van der Waals surface area contributed by atoms with Gasteiger partial charge in [-0.05, 0) is 37.0 Å². The Morgan fingerprint density at radius 3 is 2.58 bits per heavy atom. The third-order valence-corrected chi connectivity index (χ3v) is 5.51. The zero-order chi connectivity index (χ0) is 21.8. The van der Waals surface area contributed by atoms with E-state index in [1.165, 1.54) is 4.57 Å². The Labute approximate surface area is 180 Å². The van der Waals surface area contributed by atoms with E-state index in [0.29, 0.717) is 23.9 Å². The van der Waals surface area contributed by atoms with Crippen molar-refractivity contribution >= 4 is 17.5 Å². The van der Waals surface area contributed by atoms with Gasteiger partial charge in [-0.2, -0.15) is 0 Å². The van der Waals surface area contributed by atoms with Crippen LogP contribution in [0.3, 0.4) is 0 Å². The number of aromatic nitrogens is 3. The lowest BCUT2D eigenvalue weighted by Gasteiger charge is -2.19. The Balaban J connectivity index is 1.60. The molecule has 1 aliphatic rings. The number of anilines is 2. The maximum absolute atomic E-state index is 13.3. The number of carbonyl (C=O) groups excluding carboxylic acids is 1. The summed E-state index contributed by atoms with van der Waals surface area (Å²) in [4.78, 5) is 36.8. The number of hydrogen-bond donors (Lipinski definition) is 2. The standard InChI is InChI=1S/C23H26N6O2/c1-16-18(9-10-20(24)27-16)13-25-21(30)15-29-19(17-7-3-2-4-8-17)14-26-22(23(29)31)28-11-5-6-12-28/h2-4,7-10,14H,5-6,11-13,15H2,1H3,(H2,24,27)(H,25,30). The molecule has 1 saturated heterocycles. The Morgan fingerprint density at radius 1 is 1.13 bits per heavy atom. The van der Waals surface area contributed by atoms with Crippen LogP contribution in [-0.2, 0) is 17.9 Å². The van der Waals surface area contributed by atoms with E-state index < -0.39 is 0 Å². The largest absolute Gasteiger partial charge is 0.384 e. The second-order valence-corrected chi connectivity index (χ2v) is 7.68. The molecule has 3 aromatic rings. The minimum absolute atomic E-state index is 0.0894. The fraction of sp³-hybridized carbons (Fsp3) is 0.304. The molecule has 0 aliphatic carbocycles. The van der Waals surface area contributed by atoms with Crippen LogP contribution in [0, 0.1) is 6.92 Å². The first-order valence-corrected chi connectivity index (χ1v) is 10.4. The number of nitrogen functional groups attached to an aromatic ring is 1. The number of hydrogen-bond acceptors (Lipinski definition) is 6. The molecule has 4 rings (SSSR count). The lowest BCUT2D eigenvalue weighted by molar-refractivity contribution is -0.121. The summed E-state index contributed by atoms with van der Waals surface area (Å²) in [5.41, 5.74) is 8.55. The number of amides is 1. The normalized spacial score (nSPS) is 13.4. The zero-order valence-electron chi connectivity index (χ0n) is 17.5. The quantitative estimate of drug-likeness (QED) is 0.635. The highest BCUT2D eigenvalue weighted by Crippen LogP contribution is 2.20. The van der Waals surface area contributed by atoms with Crippen molar-refractivity contribution in [2.75, 3.05) is 23.7 Å². The van der Waals surface area contributed by atoms with Crippen LogP contribution < -0.4 is 21.5 Å². The summed E-state index contributed by atoms with van der Waals surface area (Å²) in [6.45, 7) is 3.69. The lowest BCUT2D eigenvalue weighted by atomic mass is 10.1. The Kier molecular flexibility index (Phi) is 5.97. The lowest BCUT2D eigenvalue weighted by Crippen LogP contribution is -2.36. The highest BCUT2D eigenvalue weighted by molar-refractivity contribution is 5.77. The molecule has 1 amide bonds. The fourth-order valence-electron chi connectivity index (χ4n) is 3.81. The topological polar surface area (TPSA) is 106 Å². The van der Waals surface area contributed by atoms with Crippen LogP contribution in [-0.4, -0.2) is 33.5 Å². The molecule has 31 heavy (non-hydrogen) atoms. The van der Waals surface area contributed by atoms with E-state index in [4.69, 9.17) is 5.73 Å². The van der Waals surface area contributed by atoms with Crippen molar-refractivity contribution in [1.29, 1.82) is 0 Å². The smallest absolute Gasteiger partial charge is 0.294 e. The third-order valence-electron chi connectivity index (χ3n) is 5.51. The monoisotopic (exact) mass is 418 g/mol. The number of nitrogens with one attached hydrogen (secondary N) is 1. The molecule has 160 valence electrons. The van der Waals surface area contributed by atoms with Gasteiger partial charge in [0.15, 0.2) is 5.82 Å². The fourth-order valence-corrected chi connectivity index (χ4v) is 3.81. The minimum Gasteiger partial charge on any atom is -0.384 e. The van der Waals surface area contributed by atoms with Gasteiger partial charge in [0.2, 0.25) is 5.91 Å². The first kappa shape index (κ1) is 20.6. The molecule has 2 aromatic heterocycles. The Hall–Kier alpha value is -3.68. The van der Waals surface area contributed by atoms with Crippen molar-refractivity contribution < 1.29 is 4.79 Å². The molecule has 0 unspecified atom stereocenters. The molecule has 0 spiro atoms. The molecular formula is C23H26N6O2. The van der Waals surface area contributed by atoms with Gasteiger partial charge in [0.1, 0.15) is 12.4 Å². The van der Waals surface area contributed by atoms with E-state index in [1.807, 2.05) is 48.2 Å². The molecule has 8 nitrogen and oxygen atoms in total. The van der Waals surface area contributed by atoms with Gasteiger partial charge in [-0.25, -0.2) is 9.97 Å². The predicted molar refractivity (Wildman–Crippen MR) is 121 cm³/mol. The average Bonchev–Trinajstić information content (AvgIpc) is 3.30. The number of nitrogens with zero attached hydrogens (tertiary/aromatic N) is 4. The van der Waals surface area contributed by atoms with Gasteiger partial charge in [-0.3, -0.25) is 14.2 Å².